The van der Waals surface area contributed by atoms with Crippen LogP contribution >= 0.6 is 27.3 Å². The molecule has 22 heavy (non-hydrogen) atoms. The van der Waals surface area contributed by atoms with Crippen molar-refractivity contribution >= 4 is 48.6 Å². The third kappa shape index (κ3) is 3.61. The highest BCUT2D eigenvalue weighted by molar-refractivity contribution is 9.10. The highest BCUT2D eigenvalue weighted by Crippen LogP contribution is 2.28. The molecule has 0 radical (unpaired) electrons. The van der Waals surface area contributed by atoms with Crippen molar-refractivity contribution in [2.24, 2.45) is 0 Å². The van der Waals surface area contributed by atoms with Gasteiger partial charge < -0.3 is 5.32 Å². The van der Waals surface area contributed by atoms with Crippen molar-refractivity contribution in [2.45, 2.75) is 6.54 Å². The number of hydrogen-bond donors (Lipinski definition) is 2. The Labute approximate surface area is 138 Å². The molecule has 1 aromatic heterocycles. The number of rotatable bonds is 3. The predicted molar refractivity (Wildman–Crippen MR) is 89.6 cm³/mol. The SMILES string of the molecule is O=C(NCc1ccc(F)cc1)Nc1nc2ccc(Br)cc2s1. The molecule has 0 unspecified atom stereocenters. The minimum absolute atomic E-state index is 0.297. The van der Waals surface area contributed by atoms with Gasteiger partial charge in [0.15, 0.2) is 5.13 Å². The molecule has 0 aliphatic carbocycles. The van der Waals surface area contributed by atoms with Crippen molar-refractivity contribution in [3.8, 4) is 0 Å². The van der Waals surface area contributed by atoms with Gasteiger partial charge in [0.1, 0.15) is 5.82 Å². The first-order valence-corrected chi connectivity index (χ1v) is 8.06. The van der Waals surface area contributed by atoms with Gasteiger partial charge in [-0.15, -0.1) is 0 Å². The maximum atomic E-state index is 12.8. The number of nitrogens with zero attached hydrogens (tertiary/aromatic N) is 1. The molecular formula is C15H11BrFN3OS. The third-order valence-electron chi connectivity index (χ3n) is 2.94. The molecule has 0 aliphatic rings. The van der Waals surface area contributed by atoms with Gasteiger partial charge in [-0.05, 0) is 35.9 Å². The number of benzene rings is 2. The number of urea groups is 1. The minimum atomic E-state index is -0.345. The molecule has 0 saturated heterocycles. The van der Waals surface area contributed by atoms with Gasteiger partial charge in [0.25, 0.3) is 0 Å². The molecule has 112 valence electrons. The van der Waals surface area contributed by atoms with Gasteiger partial charge in [0.05, 0.1) is 10.2 Å². The van der Waals surface area contributed by atoms with Gasteiger partial charge in [-0.3, -0.25) is 5.32 Å². The lowest BCUT2D eigenvalue weighted by Crippen LogP contribution is -2.28. The van der Waals surface area contributed by atoms with Gasteiger partial charge >= 0.3 is 6.03 Å². The zero-order chi connectivity index (χ0) is 15.5. The number of thiazole rings is 1. The van der Waals surface area contributed by atoms with Crippen molar-refractivity contribution in [1.29, 1.82) is 0 Å². The molecule has 1 heterocycles. The Bertz CT molecular complexity index is 819. The van der Waals surface area contributed by atoms with Gasteiger partial charge in [0.2, 0.25) is 0 Å². The van der Waals surface area contributed by atoms with E-state index in [2.05, 4.69) is 31.5 Å². The van der Waals surface area contributed by atoms with Crippen LogP contribution in [-0.2, 0) is 6.54 Å². The van der Waals surface area contributed by atoms with Crippen LogP contribution < -0.4 is 10.6 Å². The van der Waals surface area contributed by atoms with Crippen molar-refractivity contribution in [3.63, 3.8) is 0 Å². The van der Waals surface area contributed by atoms with Crippen molar-refractivity contribution in [1.82, 2.24) is 10.3 Å². The zero-order valence-electron chi connectivity index (χ0n) is 11.3. The molecule has 0 atom stereocenters. The minimum Gasteiger partial charge on any atom is -0.334 e. The van der Waals surface area contributed by atoms with Crippen LogP contribution in [0.4, 0.5) is 14.3 Å². The number of amides is 2. The maximum Gasteiger partial charge on any atom is 0.321 e. The van der Waals surface area contributed by atoms with Crippen LogP contribution in [0.25, 0.3) is 10.2 Å². The quantitative estimate of drug-likeness (QED) is 0.702. The van der Waals surface area contributed by atoms with Crippen LogP contribution in [0.15, 0.2) is 46.9 Å². The van der Waals surface area contributed by atoms with E-state index >= 15 is 0 Å². The summed E-state index contributed by atoms with van der Waals surface area (Å²) in [6.45, 7) is 0.322. The number of anilines is 1. The van der Waals surface area contributed by atoms with Gasteiger partial charge in [-0.2, -0.15) is 0 Å². The first-order valence-electron chi connectivity index (χ1n) is 6.45. The Balaban J connectivity index is 1.61. The Morgan fingerprint density at radius 1 is 1.23 bits per heavy atom. The number of aromatic nitrogens is 1. The average Bonchev–Trinajstić information content (AvgIpc) is 2.88. The van der Waals surface area contributed by atoms with Crippen molar-refractivity contribution < 1.29 is 9.18 Å². The van der Waals surface area contributed by atoms with E-state index in [1.165, 1.54) is 23.5 Å². The zero-order valence-corrected chi connectivity index (χ0v) is 13.7. The predicted octanol–water partition coefficient (Wildman–Crippen LogP) is 4.52. The summed E-state index contributed by atoms with van der Waals surface area (Å²) >= 11 is 4.80. The number of fused-ring (bicyclic) bond motifs is 1. The number of hydrogen-bond acceptors (Lipinski definition) is 3. The van der Waals surface area contributed by atoms with Crippen molar-refractivity contribution in [2.75, 3.05) is 5.32 Å². The van der Waals surface area contributed by atoms with E-state index < -0.39 is 0 Å². The Kier molecular flexibility index (Phi) is 4.35. The summed E-state index contributed by atoms with van der Waals surface area (Å²) in [6.07, 6.45) is 0. The molecule has 2 aromatic carbocycles. The summed E-state index contributed by atoms with van der Waals surface area (Å²) in [6, 6.07) is 11.4. The molecule has 3 rings (SSSR count). The van der Waals surface area contributed by atoms with Crippen LogP contribution in [-0.4, -0.2) is 11.0 Å². The van der Waals surface area contributed by atoms with E-state index in [9.17, 15) is 9.18 Å². The molecule has 0 aliphatic heterocycles. The maximum absolute atomic E-state index is 12.8. The first-order chi connectivity index (χ1) is 10.6. The summed E-state index contributed by atoms with van der Waals surface area (Å²) in [5.41, 5.74) is 1.66. The lowest BCUT2D eigenvalue weighted by molar-refractivity contribution is 0.251. The van der Waals surface area contributed by atoms with Gasteiger partial charge in [-0.1, -0.05) is 39.4 Å². The van der Waals surface area contributed by atoms with Gasteiger partial charge in [0, 0.05) is 11.0 Å². The molecular weight excluding hydrogens is 369 g/mol. The molecule has 0 bridgehead atoms. The normalized spacial score (nSPS) is 10.6. The third-order valence-corrected chi connectivity index (χ3v) is 4.36. The van der Waals surface area contributed by atoms with E-state index in [0.717, 1.165) is 20.3 Å². The average molecular weight is 380 g/mol. The van der Waals surface area contributed by atoms with Crippen molar-refractivity contribution in [3.05, 3.63) is 58.3 Å². The fraction of sp³-hybridized carbons (Fsp3) is 0.0667. The molecule has 2 amide bonds. The number of carbonyl (C=O) groups is 1. The highest BCUT2D eigenvalue weighted by Gasteiger charge is 2.07. The lowest BCUT2D eigenvalue weighted by Gasteiger charge is -2.05. The molecule has 0 saturated carbocycles. The Hall–Kier alpha value is -1.99. The molecule has 3 aromatic rings. The van der Waals surface area contributed by atoms with E-state index in [4.69, 9.17) is 0 Å². The molecule has 0 fully saturated rings. The van der Waals surface area contributed by atoms with E-state index in [0.29, 0.717) is 11.7 Å². The van der Waals surface area contributed by atoms with E-state index in [1.807, 2.05) is 18.2 Å². The summed E-state index contributed by atoms with van der Waals surface area (Å²) in [5.74, 6) is -0.297. The summed E-state index contributed by atoms with van der Waals surface area (Å²) in [4.78, 5) is 16.2. The lowest BCUT2D eigenvalue weighted by atomic mass is 10.2. The number of carbonyl (C=O) groups excluding carboxylic acids is 1. The highest BCUT2D eigenvalue weighted by atomic mass is 79.9. The van der Waals surface area contributed by atoms with Gasteiger partial charge in [-0.25, -0.2) is 14.2 Å². The Morgan fingerprint density at radius 2 is 2.00 bits per heavy atom. The van der Waals surface area contributed by atoms with Crippen LogP contribution in [0, 0.1) is 5.82 Å². The second-order valence-electron chi connectivity index (χ2n) is 4.57. The first kappa shape index (κ1) is 14.9. The second kappa shape index (κ2) is 6.41. The van der Waals surface area contributed by atoms with E-state index in [1.54, 1.807) is 12.1 Å². The van der Waals surface area contributed by atoms with Crippen LogP contribution in [0.3, 0.4) is 0 Å². The summed E-state index contributed by atoms with van der Waals surface area (Å²) in [5, 5.41) is 5.94. The van der Waals surface area contributed by atoms with Crippen LogP contribution in [0.5, 0.6) is 0 Å². The van der Waals surface area contributed by atoms with Crippen LogP contribution in [0.1, 0.15) is 5.56 Å². The smallest absolute Gasteiger partial charge is 0.321 e. The number of halogens is 2. The molecule has 0 spiro atoms. The fourth-order valence-electron chi connectivity index (χ4n) is 1.88. The van der Waals surface area contributed by atoms with Crippen LogP contribution in [0.2, 0.25) is 0 Å². The standard InChI is InChI=1S/C15H11BrFN3OS/c16-10-3-6-12-13(7-10)22-15(19-12)20-14(21)18-8-9-1-4-11(17)5-2-9/h1-7H,8H2,(H2,18,19,20,21). The van der Waals surface area contributed by atoms with E-state index in [-0.39, 0.29) is 11.8 Å². The largest absolute Gasteiger partial charge is 0.334 e. The topological polar surface area (TPSA) is 54.0 Å². The fourth-order valence-corrected chi connectivity index (χ4v) is 3.29. The molecule has 7 heteroatoms. The summed E-state index contributed by atoms with van der Waals surface area (Å²) < 4.78 is 14.8. The Morgan fingerprint density at radius 3 is 2.77 bits per heavy atom. The monoisotopic (exact) mass is 379 g/mol. The molecule has 2 N–H and O–H groups in total. The summed E-state index contributed by atoms with van der Waals surface area (Å²) in [7, 11) is 0. The molecule has 4 nitrogen and oxygen atoms in total. The second-order valence-corrected chi connectivity index (χ2v) is 6.51. The number of nitrogens with one attached hydrogen (secondary N) is 2.